The lowest BCUT2D eigenvalue weighted by atomic mass is 9.44. The Balaban J connectivity index is 0.957. The number of aliphatic hydroxyl groups is 2. The van der Waals surface area contributed by atoms with Gasteiger partial charge in [0, 0.05) is 58.2 Å². The predicted molar refractivity (Wildman–Crippen MR) is 264 cm³/mol. The van der Waals surface area contributed by atoms with Gasteiger partial charge in [0.15, 0.2) is 47.3 Å². The summed E-state index contributed by atoms with van der Waals surface area (Å²) in [6.07, 6.45) is 7.77. The largest absolute Gasteiger partial charge is 0.457 e. The van der Waals surface area contributed by atoms with Crippen LogP contribution in [-0.2, 0) is 57.3 Å². The molecule has 0 bridgehead atoms. The van der Waals surface area contributed by atoms with Crippen LogP contribution in [0.25, 0.3) is 0 Å². The maximum absolute atomic E-state index is 18.0. The molecular formula is C58H76F2O14. The second-order valence-corrected chi connectivity index (χ2v) is 24.1. The van der Waals surface area contributed by atoms with Gasteiger partial charge in [-0.2, -0.15) is 0 Å². The minimum atomic E-state index is -2.21. The molecule has 8 aliphatic carbocycles. The Kier molecular flexibility index (Phi) is 14.8. The molecule has 0 unspecified atom stereocenters. The number of ketones is 4. The Labute approximate surface area is 432 Å². The van der Waals surface area contributed by atoms with Crippen molar-refractivity contribution in [2.75, 3.05) is 13.2 Å². The van der Waals surface area contributed by atoms with E-state index < -0.39 is 153 Å². The van der Waals surface area contributed by atoms with Crippen molar-refractivity contribution in [3.05, 3.63) is 47.6 Å². The Hall–Kier alpha value is -4.70. The molecule has 0 amide bonds. The molecule has 0 spiro atoms. The zero-order valence-corrected chi connectivity index (χ0v) is 44.4. The van der Waals surface area contributed by atoms with E-state index in [-0.39, 0.29) is 62.9 Å². The van der Waals surface area contributed by atoms with Crippen LogP contribution in [0.4, 0.5) is 8.78 Å². The molecule has 0 aromatic carbocycles. The first-order valence-corrected chi connectivity index (χ1v) is 27.2. The summed E-state index contributed by atoms with van der Waals surface area (Å²) in [5.41, 5.74) is -12.3. The van der Waals surface area contributed by atoms with Gasteiger partial charge in [-0.05, 0) is 114 Å². The van der Waals surface area contributed by atoms with E-state index in [1.165, 1.54) is 36.5 Å². The first kappa shape index (κ1) is 55.5. The Bertz CT molecular complexity index is 2330. The molecule has 0 aromatic heterocycles. The maximum Gasteiger partial charge on any atom is 0.306 e. The van der Waals surface area contributed by atoms with Crippen molar-refractivity contribution in [2.24, 2.45) is 57.2 Å². The van der Waals surface area contributed by atoms with E-state index in [9.17, 15) is 48.6 Å². The molecule has 0 saturated heterocycles. The van der Waals surface area contributed by atoms with Crippen LogP contribution in [-0.4, -0.2) is 105 Å². The molecule has 0 aromatic rings. The van der Waals surface area contributed by atoms with Gasteiger partial charge < -0.3 is 29.2 Å². The Morgan fingerprint density at radius 3 is 1.30 bits per heavy atom. The van der Waals surface area contributed by atoms with E-state index >= 15 is 8.78 Å². The molecular weight excluding hydrogens is 959 g/mol. The number of alkyl halides is 2. The van der Waals surface area contributed by atoms with Crippen molar-refractivity contribution in [2.45, 2.75) is 193 Å². The van der Waals surface area contributed by atoms with E-state index in [0.29, 0.717) is 49.7 Å². The van der Waals surface area contributed by atoms with Gasteiger partial charge in [-0.25, -0.2) is 8.78 Å². The first-order valence-electron chi connectivity index (χ1n) is 27.2. The number of carbonyl (C=O) groups is 8. The number of ether oxygens (including phenoxy) is 4. The van der Waals surface area contributed by atoms with Crippen LogP contribution in [0, 0.1) is 57.2 Å². The van der Waals surface area contributed by atoms with Crippen LogP contribution in [0.2, 0.25) is 0 Å². The highest BCUT2D eigenvalue weighted by molar-refractivity contribution is 6.02. The molecule has 14 nitrogen and oxygen atoms in total. The summed E-state index contributed by atoms with van der Waals surface area (Å²) >= 11 is 0. The van der Waals surface area contributed by atoms with Crippen molar-refractivity contribution >= 4 is 47.0 Å². The second kappa shape index (κ2) is 19.7. The standard InChI is InChI=1S/C58H76F2O14/c1-9-11-13-49(69)73-57(33(3)25-41-39-17-15-35-27-37(61)21-23-51(35,5)55(39,59)43(63)29-53(41,57)7)45(65)31-71-47(67)19-20-48(68)72-32-46(66)58(74-50(70)14-12-10-2)34(4)26-42-40-18-16-36-28-38(62)22-24-52(36,6)56(40,60)44(64)30-54(42,58)8/h21-24,27-28,33-34,39-44,63-64H,9-20,25-26,29-32H2,1-8H3/t33-,34-,39-,40-,41-,42-,43-,44-,51-,52-,53-,54-,55-,56-,57-,58-/m0/s1. The third kappa shape index (κ3) is 8.00. The second-order valence-electron chi connectivity index (χ2n) is 24.1. The van der Waals surface area contributed by atoms with Gasteiger partial charge in [0.1, 0.15) is 0 Å². The van der Waals surface area contributed by atoms with Gasteiger partial charge >= 0.3 is 23.9 Å². The summed E-state index contributed by atoms with van der Waals surface area (Å²) in [5, 5.41) is 24.0. The average Bonchev–Trinajstić information content (AvgIpc) is 3.70. The molecule has 16 atom stereocenters. The summed E-state index contributed by atoms with van der Waals surface area (Å²) in [6.45, 7) is 12.4. The lowest BCUT2D eigenvalue weighted by Crippen LogP contribution is -2.70. The highest BCUT2D eigenvalue weighted by Crippen LogP contribution is 2.73. The molecule has 74 heavy (non-hydrogen) atoms. The summed E-state index contributed by atoms with van der Waals surface area (Å²) < 4.78 is 59.5. The smallest absolute Gasteiger partial charge is 0.306 e. The molecule has 0 aliphatic heterocycles. The van der Waals surface area contributed by atoms with E-state index in [4.69, 9.17) is 18.9 Å². The number of esters is 4. The molecule has 6 saturated carbocycles. The lowest BCUT2D eigenvalue weighted by molar-refractivity contribution is -0.228. The highest BCUT2D eigenvalue weighted by atomic mass is 19.1. The summed E-state index contributed by atoms with van der Waals surface area (Å²) in [6, 6.07) is 0. The monoisotopic (exact) mass is 1030 g/mol. The predicted octanol–water partition coefficient (Wildman–Crippen LogP) is 8.17. The molecule has 8 aliphatic rings. The third-order valence-corrected chi connectivity index (χ3v) is 20.5. The van der Waals surface area contributed by atoms with Crippen LogP contribution >= 0.6 is 0 Å². The van der Waals surface area contributed by atoms with Crippen LogP contribution in [0.3, 0.4) is 0 Å². The number of Topliss-reactive ketones (excluding diaryl/α,β-unsaturated/α-hetero) is 2. The zero-order chi connectivity index (χ0) is 54.2. The number of hydrogen-bond acceptors (Lipinski definition) is 14. The molecule has 0 radical (unpaired) electrons. The van der Waals surface area contributed by atoms with E-state index in [1.807, 2.05) is 13.8 Å². The fourth-order valence-corrected chi connectivity index (χ4v) is 16.8. The van der Waals surface area contributed by atoms with Gasteiger partial charge in [-0.3, -0.25) is 38.4 Å². The number of fused-ring (bicyclic) bond motifs is 10. The molecule has 8 rings (SSSR count). The minimum absolute atomic E-state index is 0.00461. The van der Waals surface area contributed by atoms with Crippen molar-refractivity contribution < 1.29 is 76.3 Å². The fraction of sp³-hybridized carbons (Fsp3) is 0.724. The third-order valence-electron chi connectivity index (χ3n) is 20.5. The van der Waals surface area contributed by atoms with Crippen LogP contribution in [0.15, 0.2) is 47.6 Å². The van der Waals surface area contributed by atoms with Crippen molar-refractivity contribution in [1.82, 2.24) is 0 Å². The van der Waals surface area contributed by atoms with Gasteiger partial charge in [-0.15, -0.1) is 0 Å². The van der Waals surface area contributed by atoms with E-state index in [1.54, 1.807) is 41.5 Å². The maximum atomic E-state index is 18.0. The topological polar surface area (TPSA) is 214 Å². The number of allylic oxidation sites excluding steroid dienone is 8. The number of unbranched alkanes of at least 4 members (excludes halogenated alkanes) is 2. The number of hydrogen-bond donors (Lipinski definition) is 2. The molecule has 0 heterocycles. The SMILES string of the molecule is CCCCC(=O)O[C@]1(C(=O)COC(=O)CCC(=O)OCC(=O)[C@@]2(OC(=O)CCCC)[C@@H](C)C[C@H]3[C@@H]4CCC5=CC(=O)C=C[C@]5(C)[C@@]4(F)[C@@H](O)C[C@@]32C)[C@@H](C)C[C@H]2[C@@H]3CCC4=CC(=O)C=C[C@]4(C)[C@@]3(F)[C@@H](O)C[C@@]21C. The number of aliphatic hydroxyl groups excluding tert-OH is 2. The number of carbonyl (C=O) groups excluding carboxylic acids is 8. The highest BCUT2D eigenvalue weighted by Gasteiger charge is 2.79. The van der Waals surface area contributed by atoms with Crippen LogP contribution in [0.5, 0.6) is 0 Å². The summed E-state index contributed by atoms with van der Waals surface area (Å²) in [4.78, 5) is 108. The normalized spacial score (nSPS) is 42.5. The zero-order valence-electron chi connectivity index (χ0n) is 44.4. The summed E-state index contributed by atoms with van der Waals surface area (Å²) in [7, 11) is 0. The van der Waals surface area contributed by atoms with Crippen molar-refractivity contribution in [3.63, 3.8) is 0 Å². The van der Waals surface area contributed by atoms with Gasteiger partial charge in [0.05, 0.1) is 25.0 Å². The minimum Gasteiger partial charge on any atom is -0.457 e. The average molecular weight is 1040 g/mol. The quantitative estimate of drug-likeness (QED) is 0.104. The van der Waals surface area contributed by atoms with Gasteiger partial charge in [-0.1, -0.05) is 77.7 Å². The molecule has 406 valence electrons. The van der Waals surface area contributed by atoms with Crippen molar-refractivity contribution in [1.29, 1.82) is 0 Å². The van der Waals surface area contributed by atoms with Gasteiger partial charge in [0.25, 0.3) is 0 Å². The van der Waals surface area contributed by atoms with Crippen LogP contribution in [0.1, 0.15) is 158 Å². The van der Waals surface area contributed by atoms with Crippen molar-refractivity contribution in [3.8, 4) is 0 Å². The van der Waals surface area contributed by atoms with Gasteiger partial charge in [0.2, 0.25) is 11.6 Å². The fourth-order valence-electron chi connectivity index (χ4n) is 16.8. The first-order chi connectivity index (χ1) is 34.7. The summed E-state index contributed by atoms with van der Waals surface area (Å²) in [5.74, 6) is -9.33. The molecule has 16 heteroatoms. The lowest BCUT2D eigenvalue weighted by Gasteiger charge is -2.62. The Morgan fingerprint density at radius 1 is 0.581 bits per heavy atom. The van der Waals surface area contributed by atoms with Crippen LogP contribution < -0.4 is 0 Å². The molecule has 6 fully saturated rings. The molecule has 2 N–H and O–H groups in total. The van der Waals surface area contributed by atoms with E-state index in [2.05, 4.69) is 0 Å². The number of halogens is 2. The van der Waals surface area contributed by atoms with E-state index in [0.717, 1.165) is 0 Å². The Morgan fingerprint density at radius 2 is 0.946 bits per heavy atom. The number of rotatable bonds is 17.